The summed E-state index contributed by atoms with van der Waals surface area (Å²) in [4.78, 5) is 11.7. The Morgan fingerprint density at radius 2 is 2.35 bits per heavy atom. The molecule has 0 saturated carbocycles. The molecule has 0 atom stereocenters. The van der Waals surface area contributed by atoms with Gasteiger partial charge in [-0.25, -0.2) is 0 Å². The number of hydrogen-bond acceptors (Lipinski definition) is 4. The molecule has 106 valence electrons. The van der Waals surface area contributed by atoms with Gasteiger partial charge in [0.05, 0.1) is 22.6 Å². The molecule has 2 N–H and O–H groups in total. The Balaban J connectivity index is 1.98. The van der Waals surface area contributed by atoms with E-state index in [-0.39, 0.29) is 18.0 Å². The van der Waals surface area contributed by atoms with Crippen LogP contribution in [0.3, 0.4) is 0 Å². The highest BCUT2D eigenvalue weighted by Gasteiger charge is 2.11. The van der Waals surface area contributed by atoms with Crippen molar-refractivity contribution in [2.75, 3.05) is 11.9 Å². The summed E-state index contributed by atoms with van der Waals surface area (Å²) in [5.41, 5.74) is 0.212. The SMILES string of the molecule is Cn1cc(OCC(=O)Nc2cc(Cl)cc(Br)c2O)cn1. The van der Waals surface area contributed by atoms with Gasteiger partial charge in [0.1, 0.15) is 0 Å². The third kappa shape index (κ3) is 3.64. The van der Waals surface area contributed by atoms with Gasteiger partial charge < -0.3 is 15.2 Å². The molecule has 6 nitrogen and oxygen atoms in total. The average molecular weight is 361 g/mol. The Bertz CT molecular complexity index is 645. The van der Waals surface area contributed by atoms with Crippen LogP contribution in [0, 0.1) is 0 Å². The number of aromatic hydroxyl groups is 1. The molecule has 8 heteroatoms. The molecule has 0 spiro atoms. The summed E-state index contributed by atoms with van der Waals surface area (Å²) in [7, 11) is 1.74. The van der Waals surface area contributed by atoms with Gasteiger partial charge in [-0.2, -0.15) is 5.10 Å². The molecular formula is C12H11BrClN3O3. The zero-order valence-corrected chi connectivity index (χ0v) is 12.8. The van der Waals surface area contributed by atoms with Crippen LogP contribution in [0.15, 0.2) is 29.0 Å². The van der Waals surface area contributed by atoms with E-state index in [1.807, 2.05) is 0 Å². The number of aryl methyl sites for hydroxylation is 1. The molecular weight excluding hydrogens is 350 g/mol. The number of nitrogens with one attached hydrogen (secondary N) is 1. The molecule has 2 aromatic rings. The predicted molar refractivity (Wildman–Crippen MR) is 78.1 cm³/mol. The highest BCUT2D eigenvalue weighted by atomic mass is 79.9. The van der Waals surface area contributed by atoms with Crippen molar-refractivity contribution < 1.29 is 14.6 Å². The minimum absolute atomic E-state index is 0.0934. The van der Waals surface area contributed by atoms with E-state index in [0.717, 1.165) is 0 Å². The number of benzene rings is 1. The number of anilines is 1. The monoisotopic (exact) mass is 359 g/mol. The number of carbonyl (C=O) groups is 1. The first-order chi connectivity index (χ1) is 9.45. The van der Waals surface area contributed by atoms with Gasteiger partial charge in [0.15, 0.2) is 18.1 Å². The molecule has 0 unspecified atom stereocenters. The topological polar surface area (TPSA) is 76.4 Å². The van der Waals surface area contributed by atoms with Crippen LogP contribution in [0.2, 0.25) is 5.02 Å². The van der Waals surface area contributed by atoms with Crippen LogP contribution in [0.1, 0.15) is 0 Å². The number of amides is 1. The lowest BCUT2D eigenvalue weighted by atomic mass is 10.3. The van der Waals surface area contributed by atoms with E-state index in [1.54, 1.807) is 17.9 Å². The fourth-order valence-corrected chi connectivity index (χ4v) is 2.28. The Morgan fingerprint density at radius 3 is 3.00 bits per heavy atom. The van der Waals surface area contributed by atoms with Crippen LogP contribution in [0.5, 0.6) is 11.5 Å². The number of nitrogens with zero attached hydrogens (tertiary/aromatic N) is 2. The second-order valence-electron chi connectivity index (χ2n) is 3.97. The van der Waals surface area contributed by atoms with Crippen molar-refractivity contribution >= 4 is 39.1 Å². The molecule has 1 amide bonds. The quantitative estimate of drug-likeness (QED) is 0.822. The average Bonchev–Trinajstić information content (AvgIpc) is 2.79. The van der Waals surface area contributed by atoms with Gasteiger partial charge in [-0.05, 0) is 28.1 Å². The van der Waals surface area contributed by atoms with E-state index in [2.05, 4.69) is 26.3 Å². The third-order valence-electron chi connectivity index (χ3n) is 2.35. The van der Waals surface area contributed by atoms with Crippen molar-refractivity contribution in [3.8, 4) is 11.5 Å². The standard InChI is InChI=1S/C12H11BrClN3O3/c1-17-5-8(4-15-17)20-6-11(18)16-10-3-7(14)2-9(13)12(10)19/h2-5,19H,6H2,1H3,(H,16,18). The highest BCUT2D eigenvalue weighted by Crippen LogP contribution is 2.35. The zero-order valence-electron chi connectivity index (χ0n) is 10.4. The molecule has 0 aliphatic carbocycles. The van der Waals surface area contributed by atoms with E-state index in [1.165, 1.54) is 18.3 Å². The molecule has 0 aliphatic heterocycles. The van der Waals surface area contributed by atoms with Crippen molar-refractivity contribution in [2.45, 2.75) is 0 Å². The van der Waals surface area contributed by atoms with Crippen LogP contribution in [-0.4, -0.2) is 27.4 Å². The molecule has 0 saturated heterocycles. The van der Waals surface area contributed by atoms with E-state index in [0.29, 0.717) is 15.2 Å². The second kappa shape index (κ2) is 6.15. The number of hydrogen-bond donors (Lipinski definition) is 2. The molecule has 2 rings (SSSR count). The Hall–Kier alpha value is -1.73. The fraction of sp³-hybridized carbons (Fsp3) is 0.167. The molecule has 1 aromatic heterocycles. The maximum atomic E-state index is 11.7. The first-order valence-corrected chi connectivity index (χ1v) is 6.72. The lowest BCUT2D eigenvalue weighted by molar-refractivity contribution is -0.118. The van der Waals surface area contributed by atoms with Gasteiger partial charge in [-0.15, -0.1) is 0 Å². The molecule has 0 radical (unpaired) electrons. The first-order valence-electron chi connectivity index (χ1n) is 5.55. The lowest BCUT2D eigenvalue weighted by Crippen LogP contribution is -2.20. The number of ether oxygens (including phenoxy) is 1. The molecule has 1 heterocycles. The summed E-state index contributed by atoms with van der Waals surface area (Å²) in [5, 5.41) is 16.6. The maximum Gasteiger partial charge on any atom is 0.262 e. The van der Waals surface area contributed by atoms with Gasteiger partial charge in [0, 0.05) is 12.1 Å². The van der Waals surface area contributed by atoms with Crippen LogP contribution in [-0.2, 0) is 11.8 Å². The largest absolute Gasteiger partial charge is 0.505 e. The van der Waals surface area contributed by atoms with Crippen molar-refractivity contribution in [3.63, 3.8) is 0 Å². The van der Waals surface area contributed by atoms with Crippen LogP contribution >= 0.6 is 27.5 Å². The highest BCUT2D eigenvalue weighted by molar-refractivity contribution is 9.10. The third-order valence-corrected chi connectivity index (χ3v) is 3.18. The number of carbonyl (C=O) groups excluding carboxylic acids is 1. The molecule has 20 heavy (non-hydrogen) atoms. The van der Waals surface area contributed by atoms with Crippen molar-refractivity contribution in [1.82, 2.24) is 9.78 Å². The molecule has 1 aromatic carbocycles. The van der Waals surface area contributed by atoms with Crippen LogP contribution in [0.4, 0.5) is 5.69 Å². The summed E-state index contributed by atoms with van der Waals surface area (Å²) < 4.78 is 7.20. The summed E-state index contributed by atoms with van der Waals surface area (Å²) in [5.74, 6) is -0.0263. The van der Waals surface area contributed by atoms with Crippen LogP contribution < -0.4 is 10.1 Å². The van der Waals surface area contributed by atoms with Crippen LogP contribution in [0.25, 0.3) is 0 Å². The summed E-state index contributed by atoms with van der Waals surface area (Å²) in [6.45, 7) is -0.199. The van der Waals surface area contributed by atoms with Gasteiger partial charge >= 0.3 is 0 Å². The van der Waals surface area contributed by atoms with Gasteiger partial charge in [-0.1, -0.05) is 11.6 Å². The smallest absolute Gasteiger partial charge is 0.262 e. The minimum atomic E-state index is -0.418. The minimum Gasteiger partial charge on any atom is -0.505 e. The normalized spacial score (nSPS) is 10.3. The predicted octanol–water partition coefficient (Wildman–Crippen LogP) is 2.56. The van der Waals surface area contributed by atoms with E-state index in [9.17, 15) is 9.90 Å². The fourth-order valence-electron chi connectivity index (χ4n) is 1.47. The molecule has 0 bridgehead atoms. The Morgan fingerprint density at radius 1 is 1.60 bits per heavy atom. The Labute approximate surface area is 128 Å². The summed E-state index contributed by atoms with van der Waals surface area (Å²) >= 11 is 8.98. The number of aromatic nitrogens is 2. The number of halogens is 2. The first kappa shape index (κ1) is 14.7. The van der Waals surface area contributed by atoms with Crippen molar-refractivity contribution in [2.24, 2.45) is 7.05 Å². The molecule has 0 fully saturated rings. The second-order valence-corrected chi connectivity index (χ2v) is 5.26. The van der Waals surface area contributed by atoms with Crippen molar-refractivity contribution in [1.29, 1.82) is 0 Å². The summed E-state index contributed by atoms with van der Waals surface area (Å²) in [6.07, 6.45) is 3.14. The van der Waals surface area contributed by atoms with Gasteiger partial charge in [-0.3, -0.25) is 9.48 Å². The maximum absolute atomic E-state index is 11.7. The van der Waals surface area contributed by atoms with Crippen molar-refractivity contribution in [3.05, 3.63) is 34.0 Å². The number of phenolic OH excluding ortho intramolecular Hbond substituents is 1. The summed E-state index contributed by atoms with van der Waals surface area (Å²) in [6, 6.07) is 2.97. The Kier molecular flexibility index (Phi) is 4.51. The van der Waals surface area contributed by atoms with E-state index >= 15 is 0 Å². The zero-order chi connectivity index (χ0) is 14.7. The van der Waals surface area contributed by atoms with E-state index in [4.69, 9.17) is 16.3 Å². The molecule has 0 aliphatic rings. The van der Waals surface area contributed by atoms with Gasteiger partial charge in [0.2, 0.25) is 0 Å². The van der Waals surface area contributed by atoms with E-state index < -0.39 is 5.91 Å². The lowest BCUT2D eigenvalue weighted by Gasteiger charge is -2.09. The number of phenols is 1. The number of rotatable bonds is 4. The van der Waals surface area contributed by atoms with Gasteiger partial charge in [0.25, 0.3) is 5.91 Å².